The minimum atomic E-state index is -0.0254. The first-order chi connectivity index (χ1) is 14.0. The van der Waals surface area contributed by atoms with E-state index in [4.69, 9.17) is 9.40 Å². The molecule has 4 aliphatic carbocycles. The van der Waals surface area contributed by atoms with Gasteiger partial charge in [-0.05, 0) is 81.4 Å². The highest BCUT2D eigenvalue weighted by Gasteiger charge is 2.51. The Bertz CT molecular complexity index is 1080. The molecule has 0 aromatic carbocycles. The molecule has 4 aliphatic rings. The summed E-state index contributed by atoms with van der Waals surface area (Å²) in [6.45, 7) is 1.94. The third-order valence-corrected chi connectivity index (χ3v) is 7.40. The van der Waals surface area contributed by atoms with E-state index in [9.17, 15) is 4.79 Å². The predicted molar refractivity (Wildman–Crippen MR) is 109 cm³/mol. The number of fused-ring (bicyclic) bond motifs is 1. The van der Waals surface area contributed by atoms with E-state index in [2.05, 4.69) is 10.4 Å². The van der Waals surface area contributed by atoms with Crippen LogP contribution in [0.15, 0.2) is 28.9 Å². The fourth-order valence-electron chi connectivity index (χ4n) is 6.75. The number of hydrogen-bond donors (Lipinski definition) is 1. The van der Waals surface area contributed by atoms with Gasteiger partial charge in [-0.2, -0.15) is 5.10 Å². The van der Waals surface area contributed by atoms with E-state index < -0.39 is 0 Å². The molecule has 4 fully saturated rings. The molecule has 0 aliphatic heterocycles. The normalized spacial score (nSPS) is 30.2. The number of carbonyl (C=O) groups is 1. The van der Waals surface area contributed by atoms with Crippen LogP contribution < -0.4 is 5.32 Å². The number of pyridine rings is 1. The highest BCUT2D eigenvalue weighted by Crippen LogP contribution is 2.55. The zero-order valence-electron chi connectivity index (χ0n) is 16.9. The van der Waals surface area contributed by atoms with Gasteiger partial charge in [-0.25, -0.2) is 4.98 Å². The molecule has 29 heavy (non-hydrogen) atoms. The Balaban J connectivity index is 1.43. The van der Waals surface area contributed by atoms with Gasteiger partial charge >= 0.3 is 0 Å². The number of aromatic nitrogens is 3. The lowest BCUT2D eigenvalue weighted by Crippen LogP contribution is -2.59. The largest absolute Gasteiger partial charge is 0.463 e. The van der Waals surface area contributed by atoms with Crippen molar-refractivity contribution >= 4 is 16.9 Å². The number of aryl methyl sites for hydroxylation is 2. The first kappa shape index (κ1) is 17.2. The first-order valence-electron chi connectivity index (χ1n) is 10.7. The van der Waals surface area contributed by atoms with Gasteiger partial charge in [-0.1, -0.05) is 0 Å². The molecule has 3 aromatic rings. The molecule has 0 atom stereocenters. The Labute approximate surface area is 169 Å². The van der Waals surface area contributed by atoms with E-state index in [0.29, 0.717) is 22.7 Å². The lowest BCUT2D eigenvalue weighted by atomic mass is 9.53. The summed E-state index contributed by atoms with van der Waals surface area (Å²) in [6.07, 6.45) is 9.11. The van der Waals surface area contributed by atoms with Crippen molar-refractivity contribution in [2.75, 3.05) is 0 Å². The standard InChI is InChI=1S/C23H26N4O2/c1-13-20-17(9-18(19-4-3-5-29-19)24-21(20)27(2)26-13)22(28)25-23-10-14-6-15(11-23)8-16(7-14)12-23/h3-5,9,14-16H,6-8,10-12H2,1-2H3,(H,25,28). The number of nitrogens with one attached hydrogen (secondary N) is 1. The average Bonchev–Trinajstić information content (AvgIpc) is 3.28. The highest BCUT2D eigenvalue weighted by molar-refractivity contribution is 6.07. The molecule has 1 N–H and O–H groups in total. The zero-order valence-corrected chi connectivity index (χ0v) is 16.9. The average molecular weight is 390 g/mol. The Morgan fingerprint density at radius 3 is 2.52 bits per heavy atom. The van der Waals surface area contributed by atoms with Crippen LogP contribution in [0.2, 0.25) is 0 Å². The monoisotopic (exact) mass is 390 g/mol. The lowest BCUT2D eigenvalue weighted by molar-refractivity contribution is -0.0166. The van der Waals surface area contributed by atoms with Crippen LogP contribution >= 0.6 is 0 Å². The smallest absolute Gasteiger partial charge is 0.252 e. The van der Waals surface area contributed by atoms with Gasteiger partial charge in [0, 0.05) is 12.6 Å². The molecule has 0 saturated heterocycles. The third kappa shape index (κ3) is 2.65. The van der Waals surface area contributed by atoms with Gasteiger partial charge in [0.15, 0.2) is 11.4 Å². The zero-order chi connectivity index (χ0) is 19.8. The lowest BCUT2D eigenvalue weighted by Gasteiger charge is -2.56. The molecular weight excluding hydrogens is 364 g/mol. The van der Waals surface area contributed by atoms with Gasteiger partial charge in [0.2, 0.25) is 0 Å². The van der Waals surface area contributed by atoms with Crippen molar-refractivity contribution in [2.24, 2.45) is 24.8 Å². The number of carbonyl (C=O) groups excluding carboxylic acids is 1. The summed E-state index contributed by atoms with van der Waals surface area (Å²) >= 11 is 0. The van der Waals surface area contributed by atoms with E-state index in [1.807, 2.05) is 32.2 Å². The first-order valence-corrected chi connectivity index (χ1v) is 10.7. The molecular formula is C23H26N4O2. The predicted octanol–water partition coefficient (Wildman–Crippen LogP) is 4.24. The molecule has 4 bridgehead atoms. The minimum absolute atomic E-state index is 0.00301. The highest BCUT2D eigenvalue weighted by atomic mass is 16.3. The van der Waals surface area contributed by atoms with Gasteiger partial charge in [0.25, 0.3) is 5.91 Å². The van der Waals surface area contributed by atoms with Crippen LogP contribution in [0.1, 0.15) is 54.6 Å². The number of hydrogen-bond acceptors (Lipinski definition) is 4. The molecule has 4 saturated carbocycles. The van der Waals surface area contributed by atoms with Crippen LogP contribution in [-0.4, -0.2) is 26.2 Å². The number of rotatable bonds is 3. The molecule has 7 rings (SSSR count). The maximum Gasteiger partial charge on any atom is 0.252 e. The van der Waals surface area contributed by atoms with Crippen molar-refractivity contribution in [2.45, 2.75) is 51.0 Å². The Hall–Kier alpha value is -2.63. The summed E-state index contributed by atoms with van der Waals surface area (Å²) in [4.78, 5) is 18.4. The number of amides is 1. The van der Waals surface area contributed by atoms with Crippen LogP contribution in [0.3, 0.4) is 0 Å². The second-order valence-electron chi connectivity index (χ2n) is 9.59. The fourth-order valence-corrected chi connectivity index (χ4v) is 6.75. The Kier molecular flexibility index (Phi) is 3.53. The molecule has 0 spiro atoms. The van der Waals surface area contributed by atoms with E-state index in [0.717, 1.165) is 48.1 Å². The van der Waals surface area contributed by atoms with E-state index in [-0.39, 0.29) is 11.4 Å². The SMILES string of the molecule is Cc1nn(C)c2nc(-c3ccco3)cc(C(=O)NC34CC5CC(CC(C5)C3)C4)c12. The topological polar surface area (TPSA) is 73.0 Å². The summed E-state index contributed by atoms with van der Waals surface area (Å²) in [5.41, 5.74) is 2.84. The van der Waals surface area contributed by atoms with Crippen molar-refractivity contribution in [3.8, 4) is 11.5 Å². The summed E-state index contributed by atoms with van der Waals surface area (Å²) < 4.78 is 7.31. The van der Waals surface area contributed by atoms with Crippen molar-refractivity contribution in [3.05, 3.63) is 35.7 Å². The van der Waals surface area contributed by atoms with Crippen LogP contribution in [0.4, 0.5) is 0 Å². The molecule has 6 nitrogen and oxygen atoms in total. The summed E-state index contributed by atoms with van der Waals surface area (Å²) in [6, 6.07) is 5.58. The molecule has 3 aromatic heterocycles. The van der Waals surface area contributed by atoms with Crippen LogP contribution in [0.5, 0.6) is 0 Å². The maximum atomic E-state index is 13.6. The van der Waals surface area contributed by atoms with Gasteiger partial charge in [0.1, 0.15) is 5.69 Å². The van der Waals surface area contributed by atoms with Gasteiger partial charge < -0.3 is 9.73 Å². The molecule has 6 heteroatoms. The van der Waals surface area contributed by atoms with Crippen LogP contribution in [0, 0.1) is 24.7 Å². The van der Waals surface area contributed by atoms with Gasteiger partial charge in [-0.15, -0.1) is 0 Å². The van der Waals surface area contributed by atoms with Crippen LogP contribution in [-0.2, 0) is 7.05 Å². The van der Waals surface area contributed by atoms with Gasteiger partial charge in [-0.3, -0.25) is 9.48 Å². The molecule has 150 valence electrons. The number of furan rings is 1. The van der Waals surface area contributed by atoms with Crippen molar-refractivity contribution < 1.29 is 9.21 Å². The molecule has 0 unspecified atom stereocenters. The third-order valence-electron chi connectivity index (χ3n) is 7.40. The molecule has 3 heterocycles. The summed E-state index contributed by atoms with van der Waals surface area (Å²) in [5, 5.41) is 8.87. The van der Waals surface area contributed by atoms with Crippen molar-refractivity contribution in [3.63, 3.8) is 0 Å². The van der Waals surface area contributed by atoms with E-state index in [1.54, 1.807) is 10.9 Å². The van der Waals surface area contributed by atoms with E-state index in [1.165, 1.54) is 19.3 Å². The maximum absolute atomic E-state index is 13.6. The number of nitrogens with zero attached hydrogens (tertiary/aromatic N) is 3. The van der Waals surface area contributed by atoms with Gasteiger partial charge in [0.05, 0.1) is 22.9 Å². The summed E-state index contributed by atoms with van der Waals surface area (Å²) in [7, 11) is 1.87. The molecule has 1 amide bonds. The van der Waals surface area contributed by atoms with Crippen molar-refractivity contribution in [1.29, 1.82) is 0 Å². The van der Waals surface area contributed by atoms with Crippen LogP contribution in [0.25, 0.3) is 22.5 Å². The Morgan fingerprint density at radius 2 is 1.90 bits per heavy atom. The minimum Gasteiger partial charge on any atom is -0.463 e. The Morgan fingerprint density at radius 1 is 1.21 bits per heavy atom. The second kappa shape index (κ2) is 5.94. The summed E-state index contributed by atoms with van der Waals surface area (Å²) in [5.74, 6) is 3.03. The molecule has 0 radical (unpaired) electrons. The quantitative estimate of drug-likeness (QED) is 0.726. The van der Waals surface area contributed by atoms with E-state index >= 15 is 0 Å². The second-order valence-corrected chi connectivity index (χ2v) is 9.59. The fraction of sp³-hybridized carbons (Fsp3) is 0.522. The van der Waals surface area contributed by atoms with Crippen molar-refractivity contribution in [1.82, 2.24) is 20.1 Å².